The lowest BCUT2D eigenvalue weighted by molar-refractivity contribution is -0.115. The maximum atomic E-state index is 12.8. The van der Waals surface area contributed by atoms with Gasteiger partial charge in [0.05, 0.1) is 21.2 Å². The standard InChI is InChI=1S/C21H17ClN4OS2/c1-2-17(20(27)26-21-25-15-9-8-14(22)10-18(15)29-21)28-19-11-16(23-12-24-19)13-6-4-3-5-7-13/h3-12,17H,2H2,1H3,(H,25,26,27). The van der Waals surface area contributed by atoms with Gasteiger partial charge in [0.15, 0.2) is 5.13 Å². The Bertz CT molecular complexity index is 1150. The molecule has 0 aliphatic heterocycles. The Kier molecular flexibility index (Phi) is 6.08. The molecule has 146 valence electrons. The highest BCUT2D eigenvalue weighted by Crippen LogP contribution is 2.31. The largest absolute Gasteiger partial charge is 0.301 e. The first kappa shape index (κ1) is 19.8. The summed E-state index contributed by atoms with van der Waals surface area (Å²) >= 11 is 8.87. The zero-order valence-electron chi connectivity index (χ0n) is 15.5. The van der Waals surface area contributed by atoms with Gasteiger partial charge in [0.1, 0.15) is 11.4 Å². The van der Waals surface area contributed by atoms with Gasteiger partial charge in [0.25, 0.3) is 0 Å². The number of hydrogen-bond acceptors (Lipinski definition) is 6. The van der Waals surface area contributed by atoms with Crippen molar-refractivity contribution in [1.29, 1.82) is 0 Å². The lowest BCUT2D eigenvalue weighted by Gasteiger charge is -2.13. The number of carbonyl (C=O) groups excluding carboxylic acids is 1. The summed E-state index contributed by atoms with van der Waals surface area (Å²) in [5.41, 5.74) is 2.67. The molecule has 0 bridgehead atoms. The fourth-order valence-electron chi connectivity index (χ4n) is 2.78. The van der Waals surface area contributed by atoms with Crippen LogP contribution in [-0.4, -0.2) is 26.1 Å². The van der Waals surface area contributed by atoms with Crippen LogP contribution in [0.4, 0.5) is 5.13 Å². The molecule has 29 heavy (non-hydrogen) atoms. The van der Waals surface area contributed by atoms with E-state index in [4.69, 9.17) is 11.6 Å². The Labute approximate surface area is 181 Å². The van der Waals surface area contributed by atoms with E-state index in [1.54, 1.807) is 6.07 Å². The molecule has 2 aromatic heterocycles. The van der Waals surface area contributed by atoms with Crippen LogP contribution in [0.3, 0.4) is 0 Å². The molecule has 0 saturated carbocycles. The van der Waals surface area contributed by atoms with Gasteiger partial charge >= 0.3 is 0 Å². The Balaban J connectivity index is 1.49. The van der Waals surface area contributed by atoms with Crippen LogP contribution in [0.1, 0.15) is 13.3 Å². The first-order chi connectivity index (χ1) is 14.1. The normalized spacial score (nSPS) is 12.1. The number of thioether (sulfide) groups is 1. The molecular formula is C21H17ClN4OS2. The molecule has 0 fully saturated rings. The monoisotopic (exact) mass is 440 g/mol. The third-order valence-electron chi connectivity index (χ3n) is 4.22. The second-order valence-corrected chi connectivity index (χ2v) is 8.93. The predicted molar refractivity (Wildman–Crippen MR) is 121 cm³/mol. The number of thiazole rings is 1. The predicted octanol–water partition coefficient (Wildman–Crippen LogP) is 5.92. The molecule has 0 radical (unpaired) electrons. The molecule has 1 atom stereocenters. The van der Waals surface area contributed by atoms with Crippen LogP contribution in [0, 0.1) is 0 Å². The molecule has 0 saturated heterocycles. The van der Waals surface area contributed by atoms with E-state index < -0.39 is 0 Å². The number of halogens is 1. The van der Waals surface area contributed by atoms with Crippen molar-refractivity contribution in [3.8, 4) is 11.3 Å². The zero-order chi connectivity index (χ0) is 20.2. The van der Waals surface area contributed by atoms with Crippen molar-refractivity contribution >= 4 is 56.0 Å². The van der Waals surface area contributed by atoms with E-state index in [-0.39, 0.29) is 11.2 Å². The van der Waals surface area contributed by atoms with E-state index in [1.165, 1.54) is 29.4 Å². The highest BCUT2D eigenvalue weighted by atomic mass is 35.5. The SMILES string of the molecule is CCC(Sc1cc(-c2ccccc2)ncn1)C(=O)Nc1nc2ccc(Cl)cc2s1. The van der Waals surface area contributed by atoms with Crippen molar-refractivity contribution in [1.82, 2.24) is 15.0 Å². The third-order valence-corrected chi connectivity index (χ3v) is 6.68. The molecule has 1 amide bonds. The summed E-state index contributed by atoms with van der Waals surface area (Å²) in [5.74, 6) is -0.0949. The van der Waals surface area contributed by atoms with E-state index in [0.29, 0.717) is 16.6 Å². The van der Waals surface area contributed by atoms with Gasteiger partial charge in [0, 0.05) is 10.6 Å². The number of hydrogen-bond donors (Lipinski definition) is 1. The summed E-state index contributed by atoms with van der Waals surface area (Å²) < 4.78 is 0.941. The lowest BCUT2D eigenvalue weighted by Crippen LogP contribution is -2.24. The third kappa shape index (κ3) is 4.75. The molecule has 4 rings (SSSR count). The number of carbonyl (C=O) groups is 1. The van der Waals surface area contributed by atoms with Gasteiger partial charge in [-0.2, -0.15) is 0 Å². The number of rotatable bonds is 6. The quantitative estimate of drug-likeness (QED) is 0.298. The average molecular weight is 441 g/mol. The Morgan fingerprint density at radius 3 is 2.79 bits per heavy atom. The van der Waals surface area contributed by atoms with Crippen LogP contribution in [0.15, 0.2) is 66.0 Å². The van der Waals surface area contributed by atoms with Crippen LogP contribution in [0.2, 0.25) is 5.02 Å². The van der Waals surface area contributed by atoms with Gasteiger partial charge in [-0.05, 0) is 30.7 Å². The summed E-state index contributed by atoms with van der Waals surface area (Å²) in [6.07, 6.45) is 2.20. The minimum absolute atomic E-state index is 0.0949. The number of nitrogens with one attached hydrogen (secondary N) is 1. The maximum absolute atomic E-state index is 12.8. The van der Waals surface area contributed by atoms with Gasteiger partial charge in [0.2, 0.25) is 5.91 Å². The highest BCUT2D eigenvalue weighted by Gasteiger charge is 2.20. The first-order valence-electron chi connectivity index (χ1n) is 9.03. The van der Waals surface area contributed by atoms with Gasteiger partial charge in [-0.15, -0.1) is 0 Å². The van der Waals surface area contributed by atoms with Crippen LogP contribution >= 0.6 is 34.7 Å². The molecule has 0 aliphatic rings. The first-order valence-corrected chi connectivity index (χ1v) is 11.1. The van der Waals surface area contributed by atoms with Crippen molar-refractivity contribution in [2.24, 2.45) is 0 Å². The van der Waals surface area contributed by atoms with Crippen molar-refractivity contribution in [2.75, 3.05) is 5.32 Å². The van der Waals surface area contributed by atoms with Crippen LogP contribution in [0.5, 0.6) is 0 Å². The average Bonchev–Trinajstić information content (AvgIpc) is 3.14. The van der Waals surface area contributed by atoms with Crippen molar-refractivity contribution < 1.29 is 4.79 Å². The minimum Gasteiger partial charge on any atom is -0.301 e. The molecule has 5 nitrogen and oxygen atoms in total. The second-order valence-electron chi connectivity index (χ2n) is 6.24. The molecule has 2 heterocycles. The van der Waals surface area contributed by atoms with Crippen molar-refractivity contribution in [3.05, 3.63) is 65.9 Å². The highest BCUT2D eigenvalue weighted by molar-refractivity contribution is 8.00. The minimum atomic E-state index is -0.288. The van der Waals surface area contributed by atoms with E-state index in [0.717, 1.165) is 26.5 Å². The molecule has 8 heteroatoms. The van der Waals surface area contributed by atoms with E-state index in [2.05, 4.69) is 20.3 Å². The molecule has 1 N–H and O–H groups in total. The molecule has 1 unspecified atom stereocenters. The summed E-state index contributed by atoms with van der Waals surface area (Å²) in [6, 6.07) is 17.3. The van der Waals surface area contributed by atoms with E-state index in [1.807, 2.05) is 55.5 Å². The molecule has 0 aliphatic carbocycles. The number of benzene rings is 2. The van der Waals surface area contributed by atoms with Crippen molar-refractivity contribution in [2.45, 2.75) is 23.6 Å². The number of nitrogens with zero attached hydrogens (tertiary/aromatic N) is 3. The number of fused-ring (bicyclic) bond motifs is 1. The van der Waals surface area contributed by atoms with E-state index >= 15 is 0 Å². The van der Waals surface area contributed by atoms with Gasteiger partial charge in [-0.1, -0.05) is 72.0 Å². The van der Waals surface area contributed by atoms with Gasteiger partial charge in [-0.25, -0.2) is 15.0 Å². The Hall–Kier alpha value is -2.48. The topological polar surface area (TPSA) is 67.8 Å². The molecule has 2 aromatic carbocycles. The van der Waals surface area contributed by atoms with Crippen molar-refractivity contribution in [3.63, 3.8) is 0 Å². The lowest BCUT2D eigenvalue weighted by atomic mass is 10.1. The van der Waals surface area contributed by atoms with Crippen LogP contribution < -0.4 is 5.32 Å². The molecule has 4 aromatic rings. The molecule has 0 spiro atoms. The summed E-state index contributed by atoms with van der Waals surface area (Å²) in [6.45, 7) is 1.98. The number of anilines is 1. The smallest absolute Gasteiger partial charge is 0.239 e. The Morgan fingerprint density at radius 2 is 2.00 bits per heavy atom. The fourth-order valence-corrected chi connectivity index (χ4v) is 4.83. The Morgan fingerprint density at radius 1 is 1.17 bits per heavy atom. The van der Waals surface area contributed by atoms with Gasteiger partial charge < -0.3 is 5.32 Å². The van der Waals surface area contributed by atoms with E-state index in [9.17, 15) is 4.79 Å². The van der Waals surface area contributed by atoms with Crippen LogP contribution in [-0.2, 0) is 4.79 Å². The summed E-state index contributed by atoms with van der Waals surface area (Å²) in [7, 11) is 0. The fraction of sp³-hybridized carbons (Fsp3) is 0.143. The zero-order valence-corrected chi connectivity index (χ0v) is 17.9. The van der Waals surface area contributed by atoms with Crippen LogP contribution in [0.25, 0.3) is 21.5 Å². The van der Waals surface area contributed by atoms with Gasteiger partial charge in [-0.3, -0.25) is 4.79 Å². The number of aromatic nitrogens is 3. The summed E-state index contributed by atoms with van der Waals surface area (Å²) in [5, 5.41) is 4.62. The number of amides is 1. The second kappa shape index (κ2) is 8.90. The summed E-state index contributed by atoms with van der Waals surface area (Å²) in [4.78, 5) is 25.9. The maximum Gasteiger partial charge on any atom is 0.239 e. The molecular weight excluding hydrogens is 424 g/mol.